The number of thiophene rings is 1. The smallest absolute Gasteiger partial charge is 0 e. The first kappa shape index (κ1) is 31.0. The first-order valence-corrected chi connectivity index (χ1v) is 22.3. The van der Waals surface area contributed by atoms with Gasteiger partial charge in [0.15, 0.2) is 0 Å². The van der Waals surface area contributed by atoms with Gasteiger partial charge in [0.1, 0.15) is 0 Å². The molecule has 0 aliphatic heterocycles. The van der Waals surface area contributed by atoms with Gasteiger partial charge in [0.25, 0.3) is 0 Å². The standard InChI is InChI=1S/C24H16NS.C14H16GeN.Ir/c1-16-11-12-25-22(13-16)19-8-10-21-20-9-7-18(17-5-3-2-4-6-17)14-23(20)26-24(21)15-19;1-15(2,3)13-9-10-14(16-11-13)12-7-5-4-6-8-12;/h2-7,9-15H,1H3;4-7,9-11H,1-3H3;/q2*-1;. The summed E-state index contributed by atoms with van der Waals surface area (Å²) in [7, 11) is 0. The number of aryl methyl sites for hydroxylation is 1. The van der Waals surface area contributed by atoms with E-state index in [1.165, 1.54) is 41.3 Å². The zero-order valence-corrected chi connectivity index (χ0v) is 30.0. The number of aromatic nitrogens is 2. The van der Waals surface area contributed by atoms with Gasteiger partial charge >= 0.3 is 99.8 Å². The second kappa shape index (κ2) is 13.5. The molecule has 2 nitrogen and oxygen atoms in total. The molecular weight excluding hydrogens is 781 g/mol. The summed E-state index contributed by atoms with van der Waals surface area (Å²) in [6.45, 7) is 2.09. The minimum atomic E-state index is -1.72. The average Bonchev–Trinajstić information content (AvgIpc) is 3.39. The molecule has 0 N–H and O–H groups in total. The van der Waals surface area contributed by atoms with Crippen LogP contribution in [-0.2, 0) is 20.1 Å². The monoisotopic (exact) mass is 815 g/mol. The molecule has 3 aromatic heterocycles. The molecule has 0 bridgehead atoms. The number of rotatable bonds is 4. The van der Waals surface area contributed by atoms with E-state index in [9.17, 15) is 0 Å². The van der Waals surface area contributed by atoms with E-state index in [4.69, 9.17) is 0 Å². The van der Waals surface area contributed by atoms with Crippen LogP contribution in [0.2, 0.25) is 17.3 Å². The van der Waals surface area contributed by atoms with Gasteiger partial charge in [-0.25, -0.2) is 0 Å². The Balaban J connectivity index is 0.000000188. The van der Waals surface area contributed by atoms with Gasteiger partial charge in [0.05, 0.1) is 0 Å². The average molecular weight is 814 g/mol. The Morgan fingerprint density at radius 3 is 2.14 bits per heavy atom. The number of pyridine rings is 2. The fourth-order valence-electron chi connectivity index (χ4n) is 4.91. The van der Waals surface area contributed by atoms with Crippen molar-refractivity contribution in [3.8, 4) is 33.6 Å². The SMILES string of the molecule is Cc1ccnc(-c2[c-]cc3c(c2)sc2cc(-c4ccccc4)ccc23)c1.[CH3][Ge]([CH3])([CH3])[c]1ccc(-c2[c-]cccc2)nc1.[Ir]. The Morgan fingerprint density at radius 2 is 1.44 bits per heavy atom. The van der Waals surface area contributed by atoms with E-state index in [0.717, 1.165) is 22.5 Å². The molecule has 7 aromatic rings. The summed E-state index contributed by atoms with van der Waals surface area (Å²) >= 11 is 0.120. The Bertz CT molecular complexity index is 1960. The van der Waals surface area contributed by atoms with Crippen molar-refractivity contribution in [1.29, 1.82) is 0 Å². The van der Waals surface area contributed by atoms with Crippen LogP contribution in [0, 0.1) is 19.1 Å². The molecule has 0 aliphatic carbocycles. The third kappa shape index (κ3) is 7.22. The maximum atomic E-state index is 4.53. The Hall–Kier alpha value is -3.41. The van der Waals surface area contributed by atoms with E-state index in [1.807, 2.05) is 54.1 Å². The second-order valence-electron chi connectivity index (χ2n) is 11.5. The van der Waals surface area contributed by atoms with E-state index in [0.29, 0.717) is 0 Å². The summed E-state index contributed by atoms with van der Waals surface area (Å²) in [6, 6.07) is 44.6. The van der Waals surface area contributed by atoms with Crippen LogP contribution >= 0.6 is 11.3 Å². The summed E-state index contributed by atoms with van der Waals surface area (Å²) in [5.41, 5.74) is 7.83. The van der Waals surface area contributed by atoms with Crippen molar-refractivity contribution in [3.05, 3.63) is 139 Å². The molecule has 3 heterocycles. The Labute approximate surface area is 274 Å². The van der Waals surface area contributed by atoms with Crippen LogP contribution in [0.15, 0.2) is 122 Å². The fourth-order valence-corrected chi connectivity index (χ4v) is 8.24. The predicted octanol–water partition coefficient (Wildman–Crippen LogP) is 9.98. The molecule has 0 aliphatic rings. The maximum absolute atomic E-state index is 4.53. The second-order valence-corrected chi connectivity index (χ2v) is 23.2. The van der Waals surface area contributed by atoms with E-state index >= 15 is 0 Å². The number of hydrogen-bond donors (Lipinski definition) is 0. The number of hydrogen-bond acceptors (Lipinski definition) is 3. The van der Waals surface area contributed by atoms with Crippen molar-refractivity contribution in [2.75, 3.05) is 0 Å². The molecule has 7 rings (SSSR count). The van der Waals surface area contributed by atoms with Crippen molar-refractivity contribution in [3.63, 3.8) is 0 Å². The van der Waals surface area contributed by atoms with Gasteiger partial charge in [0.2, 0.25) is 0 Å². The topological polar surface area (TPSA) is 25.8 Å². The molecule has 4 aromatic carbocycles. The van der Waals surface area contributed by atoms with Gasteiger partial charge < -0.3 is 4.98 Å². The summed E-state index contributed by atoms with van der Waals surface area (Å²) in [5, 5.41) is 2.56. The minimum absolute atomic E-state index is 0. The van der Waals surface area contributed by atoms with E-state index in [2.05, 4.69) is 125 Å². The van der Waals surface area contributed by atoms with Gasteiger partial charge in [0, 0.05) is 31.0 Å². The van der Waals surface area contributed by atoms with Crippen LogP contribution in [-0.4, -0.2) is 23.2 Å². The van der Waals surface area contributed by atoms with Crippen molar-refractivity contribution >= 4 is 49.2 Å². The Kier molecular flexibility index (Phi) is 9.73. The largest absolute Gasteiger partial charge is 0 e. The molecule has 0 saturated carbocycles. The first-order chi connectivity index (χ1) is 20.3. The third-order valence-electron chi connectivity index (χ3n) is 7.32. The van der Waals surface area contributed by atoms with Crippen molar-refractivity contribution in [2.24, 2.45) is 0 Å². The van der Waals surface area contributed by atoms with E-state index in [-0.39, 0.29) is 20.1 Å². The summed E-state index contributed by atoms with van der Waals surface area (Å²) < 4.78 is 4.03. The predicted molar refractivity (Wildman–Crippen MR) is 183 cm³/mol. The molecular formula is C38H32GeIrN2S-2. The first-order valence-electron chi connectivity index (χ1n) is 14.2. The number of benzene rings is 4. The normalized spacial score (nSPS) is 11.1. The summed E-state index contributed by atoms with van der Waals surface area (Å²) in [4.78, 5) is 9.03. The molecule has 0 amide bonds. The van der Waals surface area contributed by atoms with E-state index in [1.54, 1.807) is 0 Å². The van der Waals surface area contributed by atoms with Gasteiger partial charge in [-0.05, 0) is 46.0 Å². The number of nitrogens with zero attached hydrogens (tertiary/aromatic N) is 2. The quantitative estimate of drug-likeness (QED) is 0.131. The van der Waals surface area contributed by atoms with Crippen LogP contribution in [0.1, 0.15) is 5.56 Å². The molecule has 0 saturated heterocycles. The molecule has 0 fully saturated rings. The van der Waals surface area contributed by atoms with Gasteiger partial charge in [-0.2, -0.15) is 11.3 Å². The third-order valence-corrected chi connectivity index (χ3v) is 12.7. The molecule has 43 heavy (non-hydrogen) atoms. The van der Waals surface area contributed by atoms with Gasteiger partial charge in [-0.15, -0.1) is 23.8 Å². The van der Waals surface area contributed by atoms with Crippen LogP contribution in [0.3, 0.4) is 0 Å². The molecule has 1 radical (unpaired) electrons. The molecule has 0 atom stereocenters. The molecule has 215 valence electrons. The zero-order chi connectivity index (χ0) is 29.1. The van der Waals surface area contributed by atoms with Gasteiger partial charge in [-0.1, -0.05) is 59.5 Å². The zero-order valence-electron chi connectivity index (χ0n) is 24.7. The van der Waals surface area contributed by atoms with Crippen molar-refractivity contribution < 1.29 is 20.1 Å². The van der Waals surface area contributed by atoms with Crippen LogP contribution in [0.25, 0.3) is 53.8 Å². The number of fused-ring (bicyclic) bond motifs is 3. The van der Waals surface area contributed by atoms with Gasteiger partial charge in [-0.3, -0.25) is 0 Å². The van der Waals surface area contributed by atoms with Crippen molar-refractivity contribution in [2.45, 2.75) is 24.2 Å². The minimum Gasteiger partial charge on any atom is 0 e. The molecule has 0 unspecified atom stereocenters. The maximum Gasteiger partial charge on any atom is 0 e. The molecule has 0 spiro atoms. The summed E-state index contributed by atoms with van der Waals surface area (Å²) in [6.07, 6.45) is 3.90. The van der Waals surface area contributed by atoms with Crippen LogP contribution < -0.4 is 4.40 Å². The molecule has 5 heteroatoms. The fraction of sp³-hybridized carbons (Fsp3) is 0.105. The van der Waals surface area contributed by atoms with E-state index < -0.39 is 13.3 Å². The van der Waals surface area contributed by atoms with Crippen LogP contribution in [0.5, 0.6) is 0 Å². The Morgan fingerprint density at radius 1 is 0.651 bits per heavy atom. The summed E-state index contributed by atoms with van der Waals surface area (Å²) in [5.74, 6) is 7.14. The van der Waals surface area contributed by atoms with Crippen molar-refractivity contribution in [1.82, 2.24) is 9.97 Å². The van der Waals surface area contributed by atoms with Crippen LogP contribution in [0.4, 0.5) is 0 Å².